The van der Waals surface area contributed by atoms with Gasteiger partial charge in [-0.3, -0.25) is 0 Å². The molecule has 0 saturated carbocycles. The van der Waals surface area contributed by atoms with E-state index in [0.717, 1.165) is 10.8 Å². The van der Waals surface area contributed by atoms with Crippen molar-refractivity contribution in [1.82, 2.24) is 0 Å². The molecule has 6 nitrogen and oxygen atoms in total. The molecule has 0 spiro atoms. The number of hydrogen-bond donors (Lipinski definition) is 2. The highest BCUT2D eigenvalue weighted by molar-refractivity contribution is 5.85. The van der Waals surface area contributed by atoms with Crippen molar-refractivity contribution in [2.45, 2.75) is 12.2 Å². The summed E-state index contributed by atoms with van der Waals surface area (Å²) in [5, 5.41) is 21.2. The van der Waals surface area contributed by atoms with Gasteiger partial charge in [-0.2, -0.15) is 0 Å². The summed E-state index contributed by atoms with van der Waals surface area (Å²) < 4.78 is 20.8. The van der Waals surface area contributed by atoms with Crippen LogP contribution in [0.15, 0.2) is 36.4 Å². The molecule has 0 saturated heterocycles. The highest BCUT2D eigenvalue weighted by Crippen LogP contribution is 2.25. The van der Waals surface area contributed by atoms with Crippen LogP contribution in [0.1, 0.15) is 0 Å². The zero-order chi connectivity index (χ0) is 17.4. The fourth-order valence-electron chi connectivity index (χ4n) is 2.25. The van der Waals surface area contributed by atoms with E-state index in [1.807, 2.05) is 36.4 Å². The van der Waals surface area contributed by atoms with E-state index in [-0.39, 0.29) is 26.4 Å². The number of aliphatic hydroxyl groups excluding tert-OH is 2. The van der Waals surface area contributed by atoms with Crippen LogP contribution >= 0.6 is 0 Å². The van der Waals surface area contributed by atoms with E-state index >= 15 is 0 Å². The fraction of sp³-hybridized carbons (Fsp3) is 0.444. The quantitative estimate of drug-likeness (QED) is 0.686. The summed E-state index contributed by atoms with van der Waals surface area (Å²) in [5.74, 6) is 1.36. The smallest absolute Gasteiger partial charge is 0.120 e. The molecule has 0 aliphatic rings. The SMILES string of the molecule is COCC(O)COc1ccc2cc(OCC(O)COC)ccc2c1. The van der Waals surface area contributed by atoms with Crippen molar-refractivity contribution in [2.24, 2.45) is 0 Å². The highest BCUT2D eigenvalue weighted by Gasteiger charge is 2.07. The molecular weight excluding hydrogens is 312 g/mol. The normalized spacial score (nSPS) is 13.7. The minimum atomic E-state index is -0.653. The maximum atomic E-state index is 9.61. The summed E-state index contributed by atoms with van der Waals surface area (Å²) in [4.78, 5) is 0. The molecule has 0 radical (unpaired) electrons. The molecular formula is C18H24O6. The Morgan fingerprint density at radius 2 is 1.12 bits per heavy atom. The number of benzene rings is 2. The lowest BCUT2D eigenvalue weighted by molar-refractivity contribution is 0.0325. The fourth-order valence-corrected chi connectivity index (χ4v) is 2.25. The van der Waals surface area contributed by atoms with Gasteiger partial charge in [0.05, 0.1) is 13.2 Å². The zero-order valence-corrected chi connectivity index (χ0v) is 14.0. The monoisotopic (exact) mass is 336 g/mol. The van der Waals surface area contributed by atoms with Gasteiger partial charge in [0.25, 0.3) is 0 Å². The Morgan fingerprint density at radius 1 is 0.708 bits per heavy atom. The third-order valence-electron chi connectivity index (χ3n) is 3.39. The summed E-state index contributed by atoms with van der Waals surface area (Å²) >= 11 is 0. The summed E-state index contributed by atoms with van der Waals surface area (Å²) in [7, 11) is 3.07. The molecule has 0 fully saturated rings. The number of ether oxygens (including phenoxy) is 4. The van der Waals surface area contributed by atoms with Gasteiger partial charge in [-0.05, 0) is 35.0 Å². The minimum Gasteiger partial charge on any atom is -0.491 e. The molecule has 0 amide bonds. The van der Waals surface area contributed by atoms with E-state index in [1.165, 1.54) is 14.2 Å². The Labute approximate surface area is 141 Å². The van der Waals surface area contributed by atoms with Crippen LogP contribution in [-0.4, -0.2) is 63.1 Å². The van der Waals surface area contributed by atoms with Crippen molar-refractivity contribution >= 4 is 10.8 Å². The van der Waals surface area contributed by atoms with Crippen LogP contribution in [0, 0.1) is 0 Å². The Morgan fingerprint density at radius 3 is 1.50 bits per heavy atom. The van der Waals surface area contributed by atoms with Crippen molar-refractivity contribution in [3.8, 4) is 11.5 Å². The average Bonchev–Trinajstić information content (AvgIpc) is 2.58. The second-order valence-electron chi connectivity index (χ2n) is 5.51. The maximum absolute atomic E-state index is 9.61. The van der Waals surface area contributed by atoms with Crippen LogP contribution in [-0.2, 0) is 9.47 Å². The van der Waals surface area contributed by atoms with Gasteiger partial charge in [-0.15, -0.1) is 0 Å². The van der Waals surface area contributed by atoms with Crippen molar-refractivity contribution < 1.29 is 29.2 Å². The number of aliphatic hydroxyl groups is 2. The predicted molar refractivity (Wildman–Crippen MR) is 90.7 cm³/mol. The van der Waals surface area contributed by atoms with E-state index in [1.54, 1.807) is 0 Å². The minimum absolute atomic E-state index is 0.179. The summed E-state index contributed by atoms with van der Waals surface area (Å²) in [6.45, 7) is 0.836. The molecule has 0 aliphatic heterocycles. The molecule has 6 heteroatoms. The molecule has 2 unspecified atom stereocenters. The molecule has 0 bridgehead atoms. The van der Waals surface area contributed by atoms with Crippen LogP contribution in [0.5, 0.6) is 11.5 Å². The molecule has 2 N–H and O–H groups in total. The summed E-state index contributed by atoms with van der Waals surface area (Å²) in [5.41, 5.74) is 0. The third kappa shape index (κ3) is 5.65. The van der Waals surface area contributed by atoms with E-state index in [4.69, 9.17) is 18.9 Å². The topological polar surface area (TPSA) is 77.4 Å². The van der Waals surface area contributed by atoms with Crippen LogP contribution in [0.25, 0.3) is 10.8 Å². The van der Waals surface area contributed by atoms with E-state index in [2.05, 4.69) is 0 Å². The molecule has 24 heavy (non-hydrogen) atoms. The van der Waals surface area contributed by atoms with Crippen LogP contribution in [0.3, 0.4) is 0 Å². The number of rotatable bonds is 10. The van der Waals surface area contributed by atoms with Crippen molar-refractivity contribution in [3.63, 3.8) is 0 Å². The van der Waals surface area contributed by atoms with Gasteiger partial charge < -0.3 is 29.2 Å². The van der Waals surface area contributed by atoms with Gasteiger partial charge in [0.15, 0.2) is 0 Å². The van der Waals surface area contributed by atoms with Gasteiger partial charge >= 0.3 is 0 Å². The Kier molecular flexibility index (Phi) is 7.27. The van der Waals surface area contributed by atoms with Crippen molar-refractivity contribution in [2.75, 3.05) is 40.6 Å². The third-order valence-corrected chi connectivity index (χ3v) is 3.39. The van der Waals surface area contributed by atoms with Gasteiger partial charge in [-0.1, -0.05) is 12.1 Å². The van der Waals surface area contributed by atoms with Crippen LogP contribution in [0.2, 0.25) is 0 Å². The van der Waals surface area contributed by atoms with E-state index in [9.17, 15) is 10.2 Å². The molecule has 0 aliphatic carbocycles. The Balaban J connectivity index is 1.97. The number of hydrogen-bond acceptors (Lipinski definition) is 6. The lowest BCUT2D eigenvalue weighted by Crippen LogP contribution is -2.22. The largest absolute Gasteiger partial charge is 0.491 e. The van der Waals surface area contributed by atoms with Crippen LogP contribution < -0.4 is 9.47 Å². The number of fused-ring (bicyclic) bond motifs is 1. The lowest BCUT2D eigenvalue weighted by Gasteiger charge is -2.13. The molecule has 2 aromatic carbocycles. The Hall–Kier alpha value is -1.86. The van der Waals surface area contributed by atoms with Crippen molar-refractivity contribution in [1.29, 1.82) is 0 Å². The molecule has 2 rings (SSSR count). The standard InChI is InChI=1S/C18H24O6/c1-21-9-15(19)11-23-17-5-3-14-8-18(6-4-13(14)7-17)24-12-16(20)10-22-2/h3-8,15-16,19-20H,9-12H2,1-2H3. The van der Waals surface area contributed by atoms with E-state index in [0.29, 0.717) is 11.5 Å². The van der Waals surface area contributed by atoms with Gasteiger partial charge in [0.2, 0.25) is 0 Å². The summed E-state index contributed by atoms with van der Waals surface area (Å²) in [6.07, 6.45) is -1.31. The highest BCUT2D eigenvalue weighted by atomic mass is 16.5. The first-order valence-corrected chi connectivity index (χ1v) is 7.75. The molecule has 132 valence electrons. The second kappa shape index (κ2) is 9.44. The second-order valence-corrected chi connectivity index (χ2v) is 5.51. The van der Waals surface area contributed by atoms with Gasteiger partial charge in [0.1, 0.15) is 36.9 Å². The first-order valence-electron chi connectivity index (χ1n) is 7.75. The molecule has 0 aromatic heterocycles. The van der Waals surface area contributed by atoms with Crippen LogP contribution in [0.4, 0.5) is 0 Å². The predicted octanol–water partition coefficient (Wildman–Crippen LogP) is 1.61. The average molecular weight is 336 g/mol. The molecule has 2 aromatic rings. The Bertz CT molecular complexity index is 575. The first-order chi connectivity index (χ1) is 11.6. The molecule has 2 atom stereocenters. The zero-order valence-electron chi connectivity index (χ0n) is 14.0. The lowest BCUT2D eigenvalue weighted by atomic mass is 10.1. The first kappa shape index (κ1) is 18.5. The summed E-state index contributed by atoms with van der Waals surface area (Å²) in [6, 6.07) is 11.3. The van der Waals surface area contributed by atoms with Crippen molar-refractivity contribution in [3.05, 3.63) is 36.4 Å². The number of methoxy groups -OCH3 is 2. The van der Waals surface area contributed by atoms with E-state index < -0.39 is 12.2 Å². The maximum Gasteiger partial charge on any atom is 0.120 e. The van der Waals surface area contributed by atoms with Gasteiger partial charge in [0, 0.05) is 14.2 Å². The van der Waals surface area contributed by atoms with Gasteiger partial charge in [-0.25, -0.2) is 0 Å². The molecule has 0 heterocycles.